The Morgan fingerprint density at radius 1 is 0.688 bits per heavy atom. The van der Waals surface area contributed by atoms with E-state index in [1.54, 1.807) is 30.6 Å². The van der Waals surface area contributed by atoms with E-state index in [0.29, 0.717) is 67.5 Å². The highest BCUT2D eigenvalue weighted by molar-refractivity contribution is 7.12. The molecule has 6 rings (SSSR count). The van der Waals surface area contributed by atoms with Gasteiger partial charge in [0.05, 0.1) is 56.7 Å². The van der Waals surface area contributed by atoms with Crippen molar-refractivity contribution in [2.75, 3.05) is 40.6 Å². The van der Waals surface area contributed by atoms with Crippen molar-refractivity contribution in [3.63, 3.8) is 0 Å². The minimum absolute atomic E-state index is 0.0719. The first-order valence-corrected chi connectivity index (χ1v) is 18.4. The molecular formula is C36H48O10S2. The van der Waals surface area contributed by atoms with Gasteiger partial charge in [-0.1, -0.05) is 19.4 Å². The number of hydrogen-bond donors (Lipinski definition) is 0. The summed E-state index contributed by atoms with van der Waals surface area (Å²) in [6, 6.07) is 0. The second kappa shape index (κ2) is 17.3. The standard InChI is InChI=1S/C18H24O4S.C10H12O3S.C8H12O3/c1-4-14(16-12(2)15(11-23-16)17(19)20-3)13-5-7-18(8-6-13)21-9-10-22-18;1-4-8(11)9-6(2)7(5-14-9)10(12)13-3;9-7-1-3-8(4-2-7)10-5-6-11-8/h11H,4-10H2,1-3H3;5H,4H2,1-3H3;1-6H2. The Bertz CT molecular complexity index is 1430. The third-order valence-corrected chi connectivity index (χ3v) is 11.6. The molecule has 2 aromatic heterocycles. The quantitative estimate of drug-likeness (QED) is 0.219. The fourth-order valence-electron chi connectivity index (χ4n) is 6.48. The molecule has 0 bridgehead atoms. The number of allylic oxidation sites excluding steroid dienone is 2. The van der Waals surface area contributed by atoms with Gasteiger partial charge in [-0.25, -0.2) is 9.59 Å². The second-order valence-corrected chi connectivity index (χ2v) is 13.9. The Hall–Kier alpha value is -2.74. The van der Waals surface area contributed by atoms with Crippen molar-refractivity contribution in [2.45, 2.75) is 103 Å². The van der Waals surface area contributed by atoms with Gasteiger partial charge in [-0.2, -0.15) is 0 Å². The van der Waals surface area contributed by atoms with Crippen molar-refractivity contribution >= 4 is 51.8 Å². The molecule has 0 N–H and O–H groups in total. The summed E-state index contributed by atoms with van der Waals surface area (Å²) in [6.45, 7) is 10.6. The van der Waals surface area contributed by atoms with Crippen LogP contribution in [0.5, 0.6) is 0 Å². The third kappa shape index (κ3) is 8.88. The number of Topliss-reactive ketones (excluding diaryl/α,β-unsaturated/α-hetero) is 2. The van der Waals surface area contributed by atoms with Crippen molar-refractivity contribution in [2.24, 2.45) is 0 Å². The molecule has 2 saturated carbocycles. The lowest BCUT2D eigenvalue weighted by molar-refractivity contribution is -0.179. The Morgan fingerprint density at radius 2 is 1.10 bits per heavy atom. The van der Waals surface area contributed by atoms with Crippen LogP contribution in [0.4, 0.5) is 0 Å². The van der Waals surface area contributed by atoms with Gasteiger partial charge in [-0.15, -0.1) is 22.7 Å². The van der Waals surface area contributed by atoms with E-state index in [-0.39, 0.29) is 29.3 Å². The Balaban J connectivity index is 0.000000177. The SMILES string of the molecule is CCC(=C1CCC2(CC1)OCCO2)c1scc(C(=O)OC)c1C.CCC(=O)c1scc(C(=O)OC)c1C.O=C1CCC2(CC1)OCCO2. The Morgan fingerprint density at radius 3 is 1.52 bits per heavy atom. The molecule has 0 aromatic carbocycles. The topological polar surface area (TPSA) is 124 Å². The lowest BCUT2D eigenvalue weighted by Gasteiger charge is -2.33. The maximum atomic E-state index is 11.8. The highest BCUT2D eigenvalue weighted by atomic mass is 32.1. The van der Waals surface area contributed by atoms with E-state index in [4.69, 9.17) is 23.7 Å². The van der Waals surface area contributed by atoms with Gasteiger partial charge in [0, 0.05) is 60.6 Å². The van der Waals surface area contributed by atoms with Crippen LogP contribution < -0.4 is 0 Å². The minimum Gasteiger partial charge on any atom is -0.465 e. The first-order valence-electron chi connectivity index (χ1n) is 16.7. The summed E-state index contributed by atoms with van der Waals surface area (Å²) in [5.74, 6) is -0.912. The molecule has 4 aliphatic rings. The molecule has 10 nitrogen and oxygen atoms in total. The summed E-state index contributed by atoms with van der Waals surface area (Å²) in [5.41, 5.74) is 5.82. The molecule has 2 spiro atoms. The fraction of sp³-hybridized carbons (Fsp3) is 0.611. The van der Waals surface area contributed by atoms with Crippen LogP contribution in [0.3, 0.4) is 0 Å². The molecule has 12 heteroatoms. The number of thiophene rings is 2. The van der Waals surface area contributed by atoms with Gasteiger partial charge in [0.1, 0.15) is 5.78 Å². The zero-order chi connectivity index (χ0) is 34.9. The highest BCUT2D eigenvalue weighted by Crippen LogP contribution is 2.43. The van der Waals surface area contributed by atoms with Crippen LogP contribution in [0.1, 0.15) is 124 Å². The molecular weight excluding hydrogens is 657 g/mol. The van der Waals surface area contributed by atoms with Gasteiger partial charge in [-0.3, -0.25) is 9.59 Å². The number of carbonyl (C=O) groups is 4. The molecule has 0 amide bonds. The summed E-state index contributed by atoms with van der Waals surface area (Å²) < 4.78 is 32.0. The number of esters is 2. The van der Waals surface area contributed by atoms with Crippen LogP contribution >= 0.6 is 22.7 Å². The second-order valence-electron chi connectivity index (χ2n) is 12.2. The Labute approximate surface area is 291 Å². The molecule has 0 radical (unpaired) electrons. The van der Waals surface area contributed by atoms with E-state index in [2.05, 4.69) is 11.7 Å². The van der Waals surface area contributed by atoms with Gasteiger partial charge >= 0.3 is 11.9 Å². The van der Waals surface area contributed by atoms with Crippen molar-refractivity contribution in [1.82, 2.24) is 0 Å². The van der Waals surface area contributed by atoms with Crippen molar-refractivity contribution in [3.8, 4) is 0 Å². The van der Waals surface area contributed by atoms with Crippen molar-refractivity contribution in [3.05, 3.63) is 48.3 Å². The fourth-order valence-corrected chi connectivity index (χ4v) is 8.77. The molecule has 2 aliphatic heterocycles. The van der Waals surface area contributed by atoms with Crippen LogP contribution in [0.2, 0.25) is 0 Å². The zero-order valence-electron chi connectivity index (χ0n) is 29.0. The largest absolute Gasteiger partial charge is 0.465 e. The van der Waals surface area contributed by atoms with Gasteiger partial charge in [0.25, 0.3) is 0 Å². The van der Waals surface area contributed by atoms with E-state index in [0.717, 1.165) is 56.1 Å². The summed E-state index contributed by atoms with van der Waals surface area (Å²) in [4.78, 5) is 47.3. The molecule has 0 unspecified atom stereocenters. The van der Waals surface area contributed by atoms with Crippen LogP contribution in [0, 0.1) is 13.8 Å². The smallest absolute Gasteiger partial charge is 0.338 e. The average Bonchev–Trinajstić information content (AvgIpc) is 3.92. The maximum Gasteiger partial charge on any atom is 0.338 e. The number of rotatable bonds is 6. The van der Waals surface area contributed by atoms with Gasteiger partial charge in [-0.05, 0) is 49.8 Å². The summed E-state index contributed by atoms with van der Waals surface area (Å²) in [7, 11) is 2.77. The lowest BCUT2D eigenvalue weighted by Crippen LogP contribution is -2.35. The molecule has 2 saturated heterocycles. The zero-order valence-corrected chi connectivity index (χ0v) is 30.6. The van der Waals surface area contributed by atoms with Gasteiger partial charge < -0.3 is 28.4 Å². The summed E-state index contributed by atoms with van der Waals surface area (Å²) in [5, 5.41) is 3.59. The number of ketones is 2. The summed E-state index contributed by atoms with van der Waals surface area (Å²) in [6.07, 6.45) is 8.08. The predicted octanol–water partition coefficient (Wildman–Crippen LogP) is 7.63. The molecule has 0 atom stereocenters. The Kier molecular flexibility index (Phi) is 13.7. The monoisotopic (exact) mass is 704 g/mol. The lowest BCUT2D eigenvalue weighted by atomic mass is 9.85. The van der Waals surface area contributed by atoms with Gasteiger partial charge in [0.15, 0.2) is 17.4 Å². The van der Waals surface area contributed by atoms with Crippen LogP contribution in [-0.2, 0) is 33.2 Å². The predicted molar refractivity (Wildman–Crippen MR) is 184 cm³/mol. The average molecular weight is 705 g/mol. The molecule has 4 fully saturated rings. The van der Waals surface area contributed by atoms with Gasteiger partial charge in [0.2, 0.25) is 0 Å². The van der Waals surface area contributed by atoms with E-state index in [1.165, 1.54) is 41.6 Å². The first kappa shape index (κ1) is 38.1. The van der Waals surface area contributed by atoms with E-state index >= 15 is 0 Å². The minimum atomic E-state index is -0.381. The van der Waals surface area contributed by atoms with Crippen molar-refractivity contribution < 1.29 is 47.6 Å². The number of hydrogen-bond acceptors (Lipinski definition) is 12. The summed E-state index contributed by atoms with van der Waals surface area (Å²) >= 11 is 2.95. The molecule has 48 heavy (non-hydrogen) atoms. The molecule has 2 aliphatic carbocycles. The highest BCUT2D eigenvalue weighted by Gasteiger charge is 2.40. The maximum absolute atomic E-state index is 11.8. The molecule has 264 valence electrons. The third-order valence-electron chi connectivity index (χ3n) is 9.33. The first-order chi connectivity index (χ1) is 23.0. The molecule has 4 heterocycles. The normalized spacial score (nSPS) is 19.3. The van der Waals surface area contributed by atoms with E-state index in [1.807, 2.05) is 12.3 Å². The molecule has 2 aromatic rings. The van der Waals surface area contributed by atoms with Crippen LogP contribution in [-0.4, -0.2) is 75.7 Å². The van der Waals surface area contributed by atoms with Crippen molar-refractivity contribution in [1.29, 1.82) is 0 Å². The van der Waals surface area contributed by atoms with Crippen LogP contribution in [0.15, 0.2) is 16.3 Å². The van der Waals surface area contributed by atoms with Crippen LogP contribution in [0.25, 0.3) is 5.57 Å². The number of carbonyl (C=O) groups excluding carboxylic acids is 4. The van der Waals surface area contributed by atoms with E-state index in [9.17, 15) is 19.2 Å². The van der Waals surface area contributed by atoms with E-state index < -0.39 is 0 Å². The number of methoxy groups -OCH3 is 2. The number of ether oxygens (including phenoxy) is 6.